The zero-order valence-electron chi connectivity index (χ0n) is 16.1. The first-order chi connectivity index (χ1) is 15.3. The fourth-order valence-electron chi connectivity index (χ4n) is 2.76. The molecule has 0 bridgehead atoms. The van der Waals surface area contributed by atoms with Gasteiger partial charge in [-0.3, -0.25) is 9.52 Å². The minimum atomic E-state index is -4.90. The molecule has 0 aliphatic carbocycles. The summed E-state index contributed by atoms with van der Waals surface area (Å²) >= 11 is 11.4. The number of nitrogen functional groups attached to an aromatic ring is 1. The van der Waals surface area contributed by atoms with Crippen LogP contribution in [0.25, 0.3) is 0 Å². The largest absolute Gasteiger partial charge is 0.417 e. The van der Waals surface area contributed by atoms with Crippen molar-refractivity contribution in [3.8, 4) is 0 Å². The third-order valence-electron chi connectivity index (χ3n) is 4.28. The molecule has 3 aromatic rings. The molecule has 0 saturated heterocycles. The van der Waals surface area contributed by atoms with E-state index in [1.807, 2.05) is 4.72 Å². The van der Waals surface area contributed by atoms with E-state index >= 15 is 0 Å². The minimum Gasteiger partial charge on any atom is -0.383 e. The molecule has 0 spiro atoms. The molecule has 0 atom stereocenters. The van der Waals surface area contributed by atoms with Gasteiger partial charge in [-0.15, -0.1) is 0 Å². The number of ketones is 1. The molecule has 0 saturated carbocycles. The summed E-state index contributed by atoms with van der Waals surface area (Å²) in [4.78, 5) is 19.9. The van der Waals surface area contributed by atoms with Gasteiger partial charge in [0.05, 0.1) is 26.2 Å². The van der Waals surface area contributed by atoms with E-state index in [-0.39, 0.29) is 22.0 Å². The molecular formula is C19H12Cl2F3N5O3S. The molecule has 2 heterocycles. The van der Waals surface area contributed by atoms with E-state index in [1.165, 1.54) is 12.3 Å². The first kappa shape index (κ1) is 24.4. The van der Waals surface area contributed by atoms with E-state index in [1.54, 1.807) is 0 Å². The zero-order chi connectivity index (χ0) is 24.6. The summed E-state index contributed by atoms with van der Waals surface area (Å²) in [6.45, 7) is 0. The van der Waals surface area contributed by atoms with Crippen LogP contribution in [0.1, 0.15) is 27.2 Å². The number of nitrogens with zero attached hydrogens (tertiary/aromatic N) is 2. The Bertz CT molecular complexity index is 1380. The number of aromatic nitrogens is 2. The van der Waals surface area contributed by atoms with E-state index in [0.717, 1.165) is 30.6 Å². The number of sulfonamides is 1. The average molecular weight is 518 g/mol. The van der Waals surface area contributed by atoms with E-state index in [2.05, 4.69) is 9.97 Å². The van der Waals surface area contributed by atoms with Crippen LogP contribution in [-0.2, 0) is 16.2 Å². The number of benzene rings is 1. The third-order valence-corrected chi connectivity index (χ3v) is 6.18. The molecule has 0 unspecified atom stereocenters. The first-order valence-corrected chi connectivity index (χ1v) is 10.9. The van der Waals surface area contributed by atoms with Gasteiger partial charge in [0.2, 0.25) is 5.78 Å². The van der Waals surface area contributed by atoms with Crippen molar-refractivity contribution < 1.29 is 26.4 Å². The molecule has 3 rings (SSSR count). The van der Waals surface area contributed by atoms with Gasteiger partial charge >= 0.3 is 6.18 Å². The summed E-state index contributed by atoms with van der Waals surface area (Å²) in [6, 6.07) is 4.34. The molecule has 0 aliphatic heterocycles. The molecule has 14 heteroatoms. The van der Waals surface area contributed by atoms with Gasteiger partial charge in [0, 0.05) is 29.7 Å². The fraction of sp³-hybridized carbons (Fsp3) is 0.0526. The minimum absolute atomic E-state index is 0.0272. The first-order valence-electron chi connectivity index (χ1n) is 8.70. The molecule has 0 aliphatic rings. The van der Waals surface area contributed by atoms with Gasteiger partial charge in [-0.25, -0.2) is 18.4 Å². The van der Waals surface area contributed by atoms with Crippen molar-refractivity contribution in [2.24, 2.45) is 0 Å². The number of pyridine rings is 2. The fourth-order valence-corrected chi connectivity index (χ4v) is 4.22. The van der Waals surface area contributed by atoms with Crippen LogP contribution in [0.5, 0.6) is 0 Å². The number of alkyl halides is 3. The third kappa shape index (κ3) is 5.07. The van der Waals surface area contributed by atoms with E-state index in [4.69, 9.17) is 34.3 Å². The van der Waals surface area contributed by atoms with Gasteiger partial charge in [0.25, 0.3) is 10.0 Å². The number of hydrogen-bond acceptors (Lipinski definition) is 7. The second-order valence-electron chi connectivity index (χ2n) is 6.43. The number of halogens is 5. The van der Waals surface area contributed by atoms with Gasteiger partial charge < -0.3 is 11.1 Å². The lowest BCUT2D eigenvalue weighted by molar-refractivity contribution is -0.137. The summed E-state index contributed by atoms with van der Waals surface area (Å²) in [5.74, 6) is -0.947. The molecule has 1 aromatic carbocycles. The highest BCUT2D eigenvalue weighted by molar-refractivity contribution is 7.92. The van der Waals surface area contributed by atoms with Crippen molar-refractivity contribution >= 4 is 56.7 Å². The van der Waals surface area contributed by atoms with Crippen molar-refractivity contribution in [1.29, 1.82) is 5.41 Å². The number of hydrogen-bond donors (Lipinski definition) is 3. The normalized spacial score (nSPS) is 11.8. The van der Waals surface area contributed by atoms with E-state index in [0.29, 0.717) is 6.07 Å². The predicted molar refractivity (Wildman–Crippen MR) is 116 cm³/mol. The maximum atomic E-state index is 13.2. The van der Waals surface area contributed by atoms with Crippen LogP contribution in [0.3, 0.4) is 0 Å². The van der Waals surface area contributed by atoms with Gasteiger partial charge in [-0.2, -0.15) is 13.2 Å². The number of rotatable bonds is 6. The van der Waals surface area contributed by atoms with Crippen LogP contribution in [-0.4, -0.2) is 30.4 Å². The lowest BCUT2D eigenvalue weighted by Gasteiger charge is -2.15. The predicted octanol–water partition coefficient (Wildman–Crippen LogP) is 4.41. The molecule has 2 aromatic heterocycles. The highest BCUT2D eigenvalue weighted by Gasteiger charge is 2.35. The van der Waals surface area contributed by atoms with Crippen LogP contribution in [0.15, 0.2) is 47.6 Å². The molecule has 0 amide bonds. The van der Waals surface area contributed by atoms with Gasteiger partial charge in [-0.1, -0.05) is 23.2 Å². The van der Waals surface area contributed by atoms with Crippen LogP contribution in [0.4, 0.5) is 24.7 Å². The lowest BCUT2D eigenvalue weighted by Crippen LogP contribution is -2.19. The van der Waals surface area contributed by atoms with Crippen molar-refractivity contribution in [1.82, 2.24) is 9.97 Å². The second-order valence-corrected chi connectivity index (χ2v) is 8.95. The maximum Gasteiger partial charge on any atom is 0.417 e. The number of carbonyl (C=O) groups excluding carboxylic acids is 1. The standard InChI is InChI=1S/C19H12Cl2F3N5O3S/c20-9-5-15(16(28-8-9)17(30)11-3-4-27-18(26)12(11)7-25)29-33(31,32)10-1-2-14(21)13(6-10)19(22,23)24/h1-8,25,29H,(H2,26,27). The lowest BCUT2D eigenvalue weighted by atomic mass is 10.0. The number of nitrogens with one attached hydrogen (secondary N) is 2. The monoisotopic (exact) mass is 517 g/mol. The molecule has 8 nitrogen and oxygen atoms in total. The number of anilines is 2. The Balaban J connectivity index is 2.09. The Morgan fingerprint density at radius 2 is 1.85 bits per heavy atom. The molecule has 4 N–H and O–H groups in total. The van der Waals surface area contributed by atoms with Crippen molar-refractivity contribution in [2.75, 3.05) is 10.5 Å². The van der Waals surface area contributed by atoms with Crippen LogP contribution in [0, 0.1) is 5.41 Å². The summed E-state index contributed by atoms with van der Waals surface area (Å²) in [6.07, 6.45) is -1.82. The quantitative estimate of drug-likeness (QED) is 0.326. The SMILES string of the molecule is N=Cc1c(C(=O)c2ncc(Cl)cc2NS(=O)(=O)c2ccc(Cl)c(C(F)(F)F)c2)ccnc1N. The summed E-state index contributed by atoms with van der Waals surface area (Å²) in [5, 5.41) is 6.72. The van der Waals surface area contributed by atoms with E-state index in [9.17, 15) is 26.4 Å². The molecule has 0 radical (unpaired) electrons. The van der Waals surface area contributed by atoms with E-state index < -0.39 is 48.8 Å². The summed E-state index contributed by atoms with van der Waals surface area (Å²) in [5.41, 5.74) is 3.37. The topological polar surface area (TPSA) is 139 Å². The van der Waals surface area contributed by atoms with Gasteiger partial charge in [0.1, 0.15) is 11.5 Å². The zero-order valence-corrected chi connectivity index (χ0v) is 18.4. The van der Waals surface area contributed by atoms with Crippen molar-refractivity contribution in [2.45, 2.75) is 11.1 Å². The molecule has 33 heavy (non-hydrogen) atoms. The smallest absolute Gasteiger partial charge is 0.383 e. The Morgan fingerprint density at radius 1 is 1.15 bits per heavy atom. The Kier molecular flexibility index (Phi) is 6.63. The summed E-state index contributed by atoms with van der Waals surface area (Å²) in [7, 11) is -4.63. The summed E-state index contributed by atoms with van der Waals surface area (Å²) < 4.78 is 67.1. The van der Waals surface area contributed by atoms with Crippen molar-refractivity contribution in [3.63, 3.8) is 0 Å². The van der Waals surface area contributed by atoms with Gasteiger partial charge in [0.15, 0.2) is 0 Å². The Labute approximate surface area is 195 Å². The second kappa shape index (κ2) is 8.96. The maximum absolute atomic E-state index is 13.2. The highest BCUT2D eigenvalue weighted by Crippen LogP contribution is 2.36. The highest BCUT2D eigenvalue weighted by atomic mass is 35.5. The molecule has 172 valence electrons. The van der Waals surface area contributed by atoms with Gasteiger partial charge in [-0.05, 0) is 30.3 Å². The molecule has 0 fully saturated rings. The number of carbonyl (C=O) groups is 1. The molecular weight excluding hydrogens is 506 g/mol. The van der Waals surface area contributed by atoms with Crippen LogP contribution in [0.2, 0.25) is 10.0 Å². The average Bonchev–Trinajstić information content (AvgIpc) is 2.72. The number of nitrogens with two attached hydrogens (primary N) is 1. The Morgan fingerprint density at radius 3 is 2.48 bits per heavy atom. The Hall–Kier alpha value is -3.22. The van der Waals surface area contributed by atoms with Crippen molar-refractivity contribution in [3.05, 3.63) is 75.2 Å². The van der Waals surface area contributed by atoms with Crippen LogP contribution < -0.4 is 10.5 Å². The van der Waals surface area contributed by atoms with Crippen LogP contribution >= 0.6 is 23.2 Å².